The van der Waals surface area contributed by atoms with Crippen LogP contribution in [0.1, 0.15) is 53.7 Å². The molecule has 35 heavy (non-hydrogen) atoms. The van der Waals surface area contributed by atoms with Crippen molar-refractivity contribution in [1.82, 2.24) is 19.0 Å². The second-order valence-corrected chi connectivity index (χ2v) is 9.60. The molecule has 5 rings (SSSR count). The lowest BCUT2D eigenvalue weighted by atomic mass is 10.1. The minimum absolute atomic E-state index is 0.0245. The largest absolute Gasteiger partial charge is 0.368 e. The number of nitrogens with two attached hydrogens (primary N) is 1. The van der Waals surface area contributed by atoms with Gasteiger partial charge < -0.3 is 15.5 Å². The smallest absolute Gasteiger partial charge is 0.330 e. The van der Waals surface area contributed by atoms with Gasteiger partial charge >= 0.3 is 5.69 Å². The van der Waals surface area contributed by atoms with Crippen molar-refractivity contribution in [3.8, 4) is 6.07 Å². The van der Waals surface area contributed by atoms with Gasteiger partial charge in [-0.3, -0.25) is 13.9 Å². The van der Waals surface area contributed by atoms with Crippen molar-refractivity contribution in [2.75, 3.05) is 31.1 Å². The van der Waals surface area contributed by atoms with Crippen LogP contribution < -0.4 is 16.3 Å². The van der Waals surface area contributed by atoms with E-state index in [1.807, 2.05) is 29.2 Å². The summed E-state index contributed by atoms with van der Waals surface area (Å²) in [6, 6.07) is 11.4. The van der Waals surface area contributed by atoms with Crippen molar-refractivity contribution in [3.05, 3.63) is 57.6 Å². The van der Waals surface area contributed by atoms with Crippen LogP contribution in [0.2, 0.25) is 0 Å². The zero-order chi connectivity index (χ0) is 24.5. The summed E-state index contributed by atoms with van der Waals surface area (Å²) in [6.07, 6.45) is 5.01. The van der Waals surface area contributed by atoms with Crippen LogP contribution in [-0.2, 0) is 13.6 Å². The van der Waals surface area contributed by atoms with Gasteiger partial charge in [0, 0.05) is 39.3 Å². The molecule has 2 aromatic heterocycles. The van der Waals surface area contributed by atoms with E-state index in [1.165, 1.54) is 4.57 Å². The Labute approximate surface area is 204 Å². The Morgan fingerprint density at radius 2 is 1.94 bits per heavy atom. The third-order valence-electron chi connectivity index (χ3n) is 7.19. The monoisotopic (exact) mass is 473 g/mol. The number of amides is 1. The number of fused-ring (bicyclic) bond motifs is 1. The lowest BCUT2D eigenvalue weighted by molar-refractivity contribution is 0.0718. The normalized spacial score (nSPS) is 18.6. The first-order valence-electron chi connectivity index (χ1n) is 12.4. The predicted octanol–water partition coefficient (Wildman–Crippen LogP) is 2.21. The molecule has 1 aromatic carbocycles. The maximum absolute atomic E-state index is 13.4. The molecule has 2 fully saturated rings. The van der Waals surface area contributed by atoms with Crippen LogP contribution in [-0.4, -0.2) is 57.1 Å². The molecular weight excluding hydrogens is 442 g/mol. The molecule has 3 aromatic rings. The Morgan fingerprint density at radius 1 is 1.17 bits per heavy atom. The molecular formula is C26H31N7O2. The first kappa shape index (κ1) is 23.1. The number of benzene rings is 1. The van der Waals surface area contributed by atoms with Gasteiger partial charge in [-0.1, -0.05) is 18.2 Å². The number of imidazole rings is 1. The van der Waals surface area contributed by atoms with Gasteiger partial charge in [0.1, 0.15) is 11.2 Å². The Morgan fingerprint density at radius 3 is 2.69 bits per heavy atom. The van der Waals surface area contributed by atoms with Gasteiger partial charge in [-0.25, -0.2) is 9.78 Å². The first-order chi connectivity index (χ1) is 17.0. The molecule has 9 nitrogen and oxygen atoms in total. The van der Waals surface area contributed by atoms with E-state index in [0.717, 1.165) is 63.0 Å². The first-order valence-corrected chi connectivity index (χ1v) is 12.4. The molecule has 2 N–H and O–H groups in total. The summed E-state index contributed by atoms with van der Waals surface area (Å²) in [6.45, 7) is 3.14. The molecule has 1 amide bonds. The van der Waals surface area contributed by atoms with Gasteiger partial charge in [0.05, 0.1) is 23.9 Å². The Hall–Kier alpha value is -3.64. The summed E-state index contributed by atoms with van der Waals surface area (Å²) >= 11 is 0. The third-order valence-corrected chi connectivity index (χ3v) is 7.19. The van der Waals surface area contributed by atoms with E-state index in [2.05, 4.69) is 11.0 Å². The number of piperidine rings is 2. The molecule has 0 saturated carbocycles. The number of nitrogens with zero attached hydrogens (tertiary/aromatic N) is 6. The van der Waals surface area contributed by atoms with Crippen molar-refractivity contribution in [1.29, 1.82) is 5.26 Å². The van der Waals surface area contributed by atoms with E-state index in [1.54, 1.807) is 17.7 Å². The number of carbonyl (C=O) groups excluding carboxylic acids is 1. The summed E-state index contributed by atoms with van der Waals surface area (Å²) < 4.78 is 3.17. The van der Waals surface area contributed by atoms with Crippen LogP contribution in [0.15, 0.2) is 35.1 Å². The number of carbonyl (C=O) groups is 1. The zero-order valence-electron chi connectivity index (χ0n) is 20.1. The summed E-state index contributed by atoms with van der Waals surface area (Å²) in [5.41, 5.74) is 9.69. The molecule has 2 aliphatic heterocycles. The molecule has 1 atom stereocenters. The quantitative estimate of drug-likeness (QED) is 0.622. The highest BCUT2D eigenvalue weighted by molar-refractivity contribution is 5.98. The number of nitriles is 1. The van der Waals surface area contributed by atoms with E-state index in [0.29, 0.717) is 29.0 Å². The number of likely N-dealkylation sites (tertiary alicyclic amines) is 1. The Bertz CT molecular complexity index is 1360. The number of pyridine rings is 1. The van der Waals surface area contributed by atoms with Crippen molar-refractivity contribution in [2.24, 2.45) is 12.8 Å². The SMILES string of the molecule is Cn1c(=O)n(Cc2ccccc2C#N)c2c(N3CCC[C@@H](N)C3)cc(C(=O)N3CCCCC3)nc21. The number of anilines is 1. The molecule has 0 radical (unpaired) electrons. The minimum atomic E-state index is -0.231. The van der Waals surface area contributed by atoms with Crippen LogP contribution in [0.4, 0.5) is 5.69 Å². The highest BCUT2D eigenvalue weighted by Gasteiger charge is 2.28. The van der Waals surface area contributed by atoms with Crippen molar-refractivity contribution in [3.63, 3.8) is 0 Å². The van der Waals surface area contributed by atoms with Gasteiger partial charge in [0.15, 0.2) is 5.65 Å². The average Bonchev–Trinajstić information content (AvgIpc) is 3.13. The molecule has 0 unspecified atom stereocenters. The summed E-state index contributed by atoms with van der Waals surface area (Å²) in [4.78, 5) is 35.6. The molecule has 9 heteroatoms. The van der Waals surface area contributed by atoms with E-state index in [-0.39, 0.29) is 24.2 Å². The fourth-order valence-electron chi connectivity index (χ4n) is 5.29. The summed E-state index contributed by atoms with van der Waals surface area (Å²) in [5, 5.41) is 9.57. The topological polar surface area (TPSA) is 113 Å². The Kier molecular flexibility index (Phi) is 6.31. The standard InChI is InChI=1S/C26H31N7O2/c1-30-24-23(33(26(30)35)16-19-9-4-3-8-18(19)15-27)22(32-13-7-10-20(28)17-32)14-21(29-24)25(34)31-11-5-2-6-12-31/h3-4,8-9,14,20H,2,5-7,10-13,16-17,28H2,1H3/t20-/m1/s1. The van der Waals surface area contributed by atoms with Crippen molar-refractivity contribution >= 4 is 22.8 Å². The number of rotatable bonds is 4. The van der Waals surface area contributed by atoms with Gasteiger partial charge in [-0.15, -0.1) is 0 Å². The zero-order valence-corrected chi connectivity index (χ0v) is 20.1. The molecule has 2 saturated heterocycles. The highest BCUT2D eigenvalue weighted by atomic mass is 16.2. The second-order valence-electron chi connectivity index (χ2n) is 9.60. The van der Waals surface area contributed by atoms with E-state index in [4.69, 9.17) is 10.7 Å². The number of aromatic nitrogens is 3. The van der Waals surface area contributed by atoms with Crippen LogP contribution in [0.3, 0.4) is 0 Å². The van der Waals surface area contributed by atoms with Gasteiger partial charge in [-0.05, 0) is 49.8 Å². The van der Waals surface area contributed by atoms with E-state index in [9.17, 15) is 14.9 Å². The molecule has 0 aliphatic carbocycles. The molecule has 182 valence electrons. The maximum atomic E-state index is 13.4. The van der Waals surface area contributed by atoms with Gasteiger partial charge in [0.25, 0.3) is 5.91 Å². The Balaban J connectivity index is 1.68. The second kappa shape index (κ2) is 9.55. The summed E-state index contributed by atoms with van der Waals surface area (Å²) in [7, 11) is 1.69. The highest BCUT2D eigenvalue weighted by Crippen LogP contribution is 2.30. The van der Waals surface area contributed by atoms with Gasteiger partial charge in [0.2, 0.25) is 0 Å². The van der Waals surface area contributed by atoms with Crippen LogP contribution in [0.25, 0.3) is 11.2 Å². The van der Waals surface area contributed by atoms with E-state index >= 15 is 0 Å². The van der Waals surface area contributed by atoms with Crippen molar-refractivity contribution in [2.45, 2.75) is 44.7 Å². The minimum Gasteiger partial charge on any atom is -0.368 e. The number of hydrogen-bond donors (Lipinski definition) is 1. The predicted molar refractivity (Wildman–Crippen MR) is 134 cm³/mol. The molecule has 0 spiro atoms. The fourth-order valence-corrected chi connectivity index (χ4v) is 5.29. The lowest BCUT2D eigenvalue weighted by Gasteiger charge is -2.33. The van der Waals surface area contributed by atoms with Crippen LogP contribution in [0, 0.1) is 11.3 Å². The third kappa shape index (κ3) is 4.30. The van der Waals surface area contributed by atoms with Gasteiger partial charge in [-0.2, -0.15) is 5.26 Å². The van der Waals surface area contributed by atoms with Crippen molar-refractivity contribution < 1.29 is 4.79 Å². The number of hydrogen-bond acceptors (Lipinski definition) is 6. The number of aryl methyl sites for hydroxylation is 1. The molecule has 2 aliphatic rings. The maximum Gasteiger partial charge on any atom is 0.330 e. The summed E-state index contributed by atoms with van der Waals surface area (Å²) in [5.74, 6) is -0.0933. The van der Waals surface area contributed by atoms with Crippen LogP contribution in [0.5, 0.6) is 0 Å². The molecule has 0 bridgehead atoms. The van der Waals surface area contributed by atoms with Crippen LogP contribution >= 0.6 is 0 Å². The lowest BCUT2D eigenvalue weighted by Crippen LogP contribution is -2.43. The van der Waals surface area contributed by atoms with E-state index < -0.39 is 0 Å². The fraction of sp³-hybridized carbons (Fsp3) is 0.462. The average molecular weight is 474 g/mol. The molecule has 4 heterocycles.